The Morgan fingerprint density at radius 3 is 1.54 bits per heavy atom. The van der Waals surface area contributed by atoms with E-state index in [1.54, 1.807) is 24.3 Å². The lowest BCUT2D eigenvalue weighted by Crippen LogP contribution is -1.96. The van der Waals surface area contributed by atoms with Crippen molar-refractivity contribution in [2.24, 2.45) is 0 Å². The predicted octanol–water partition coefficient (Wildman–Crippen LogP) is 4.28. The molecule has 0 fully saturated rings. The maximum absolute atomic E-state index is 11.7. The molecule has 2 aromatic rings. The van der Waals surface area contributed by atoms with E-state index in [2.05, 4.69) is 23.7 Å². The minimum absolute atomic E-state index is 0.0992. The summed E-state index contributed by atoms with van der Waals surface area (Å²) in [5, 5.41) is 0. The van der Waals surface area contributed by atoms with Gasteiger partial charge >= 0.3 is 0 Å². The molecule has 2 rings (SSSR count). The van der Waals surface area contributed by atoms with Crippen molar-refractivity contribution in [1.29, 1.82) is 0 Å². The van der Waals surface area contributed by atoms with E-state index in [4.69, 9.17) is 0 Å². The van der Waals surface area contributed by atoms with Crippen molar-refractivity contribution in [2.75, 3.05) is 0 Å². The van der Waals surface area contributed by atoms with Gasteiger partial charge in [0, 0.05) is 35.1 Å². The van der Waals surface area contributed by atoms with Crippen molar-refractivity contribution >= 4 is 11.6 Å². The topological polar surface area (TPSA) is 34.1 Å². The first-order valence-corrected chi connectivity index (χ1v) is 7.92. The number of ketones is 2. The van der Waals surface area contributed by atoms with Crippen LogP contribution in [-0.2, 0) is 0 Å². The monoisotopic (exact) mass is 314 g/mol. The fourth-order valence-electron chi connectivity index (χ4n) is 2.16. The van der Waals surface area contributed by atoms with Crippen LogP contribution in [-0.4, -0.2) is 11.6 Å². The number of hydrogen-bond acceptors (Lipinski definition) is 2. The summed E-state index contributed by atoms with van der Waals surface area (Å²) in [6, 6.07) is 14.5. The van der Waals surface area contributed by atoms with Gasteiger partial charge in [0.2, 0.25) is 0 Å². The zero-order valence-electron chi connectivity index (χ0n) is 13.8. The van der Waals surface area contributed by atoms with Crippen LogP contribution >= 0.6 is 0 Å². The molecule has 0 spiro atoms. The molecule has 24 heavy (non-hydrogen) atoms. The second-order valence-corrected chi connectivity index (χ2v) is 5.22. The van der Waals surface area contributed by atoms with Crippen LogP contribution in [0.15, 0.2) is 48.5 Å². The van der Waals surface area contributed by atoms with Crippen molar-refractivity contribution in [3.8, 4) is 23.7 Å². The maximum Gasteiger partial charge on any atom is 0.162 e. The number of hydrogen-bond donors (Lipinski definition) is 0. The van der Waals surface area contributed by atoms with E-state index in [1.807, 2.05) is 38.1 Å². The molecule has 2 aromatic carbocycles. The van der Waals surface area contributed by atoms with Crippen LogP contribution in [0.1, 0.15) is 58.5 Å². The van der Waals surface area contributed by atoms with Gasteiger partial charge in [0.15, 0.2) is 11.6 Å². The third-order valence-electron chi connectivity index (χ3n) is 3.49. The zero-order chi connectivity index (χ0) is 17.4. The van der Waals surface area contributed by atoms with Crippen molar-refractivity contribution < 1.29 is 9.59 Å². The number of rotatable bonds is 4. The second-order valence-electron chi connectivity index (χ2n) is 5.22. The third-order valence-corrected chi connectivity index (χ3v) is 3.49. The van der Waals surface area contributed by atoms with Gasteiger partial charge in [-0.15, -0.1) is 0 Å². The van der Waals surface area contributed by atoms with Gasteiger partial charge in [-0.05, 0) is 36.1 Å². The molecule has 0 aliphatic rings. The average Bonchev–Trinajstić information content (AvgIpc) is 2.64. The standard InChI is InChI=1S/C22H18O2/c1-3-21(23)19-13-7-11-17(15-19)9-5-6-10-18-12-8-14-20(16-18)22(24)4-2/h7-8,11-16H,3-4H2,1-2H3. The molecule has 0 heterocycles. The number of benzene rings is 2. The molecule has 0 radical (unpaired) electrons. The van der Waals surface area contributed by atoms with E-state index in [9.17, 15) is 9.59 Å². The van der Waals surface area contributed by atoms with Gasteiger partial charge in [0.1, 0.15) is 0 Å². The Morgan fingerprint density at radius 2 is 1.17 bits per heavy atom. The number of carbonyl (C=O) groups excluding carboxylic acids is 2. The minimum atomic E-state index is 0.0992. The summed E-state index contributed by atoms with van der Waals surface area (Å²) in [5.41, 5.74) is 2.86. The molecular formula is C22H18O2. The van der Waals surface area contributed by atoms with E-state index >= 15 is 0 Å². The van der Waals surface area contributed by atoms with Crippen LogP contribution in [0, 0.1) is 23.7 Å². The van der Waals surface area contributed by atoms with Gasteiger partial charge in [0.05, 0.1) is 0 Å². The highest BCUT2D eigenvalue weighted by atomic mass is 16.1. The smallest absolute Gasteiger partial charge is 0.162 e. The lowest BCUT2D eigenvalue weighted by atomic mass is 10.1. The Bertz CT molecular complexity index is 808. The molecule has 0 saturated heterocycles. The molecule has 118 valence electrons. The van der Waals surface area contributed by atoms with E-state index < -0.39 is 0 Å². The van der Waals surface area contributed by atoms with Crippen molar-refractivity contribution in [3.63, 3.8) is 0 Å². The van der Waals surface area contributed by atoms with Crippen LogP contribution in [0.5, 0.6) is 0 Å². The number of Topliss-reactive ketones (excluding diaryl/α,β-unsaturated/α-hetero) is 2. The molecule has 0 atom stereocenters. The minimum Gasteiger partial charge on any atom is -0.294 e. The molecule has 0 aliphatic carbocycles. The fraction of sp³-hybridized carbons (Fsp3) is 0.182. The molecular weight excluding hydrogens is 296 g/mol. The molecule has 0 bridgehead atoms. The summed E-state index contributed by atoms with van der Waals surface area (Å²) < 4.78 is 0. The lowest BCUT2D eigenvalue weighted by molar-refractivity contribution is 0.0980. The Labute approximate surface area is 142 Å². The van der Waals surface area contributed by atoms with Crippen molar-refractivity contribution in [3.05, 3.63) is 70.8 Å². The largest absolute Gasteiger partial charge is 0.294 e. The van der Waals surface area contributed by atoms with E-state index in [0.29, 0.717) is 24.0 Å². The Morgan fingerprint density at radius 1 is 0.750 bits per heavy atom. The second kappa shape index (κ2) is 8.51. The van der Waals surface area contributed by atoms with Crippen LogP contribution in [0.4, 0.5) is 0 Å². The van der Waals surface area contributed by atoms with E-state index in [-0.39, 0.29) is 11.6 Å². The summed E-state index contributed by atoms with van der Waals surface area (Å²) in [5.74, 6) is 11.7. The molecule has 0 N–H and O–H groups in total. The summed E-state index contributed by atoms with van der Waals surface area (Å²) in [7, 11) is 0. The molecule has 0 unspecified atom stereocenters. The van der Waals surface area contributed by atoms with Gasteiger partial charge < -0.3 is 0 Å². The van der Waals surface area contributed by atoms with Crippen molar-refractivity contribution in [1.82, 2.24) is 0 Å². The van der Waals surface area contributed by atoms with Crippen molar-refractivity contribution in [2.45, 2.75) is 26.7 Å². The number of carbonyl (C=O) groups is 2. The van der Waals surface area contributed by atoms with E-state index in [1.165, 1.54) is 0 Å². The van der Waals surface area contributed by atoms with Crippen LogP contribution in [0.2, 0.25) is 0 Å². The molecule has 2 heteroatoms. The summed E-state index contributed by atoms with van der Waals surface area (Å²) in [6.45, 7) is 3.67. The normalized spacial score (nSPS) is 9.25. The molecule has 0 aromatic heterocycles. The van der Waals surface area contributed by atoms with Gasteiger partial charge in [-0.25, -0.2) is 0 Å². The molecule has 0 amide bonds. The van der Waals surface area contributed by atoms with Gasteiger partial charge in [-0.2, -0.15) is 0 Å². The maximum atomic E-state index is 11.7. The lowest BCUT2D eigenvalue weighted by Gasteiger charge is -1.97. The van der Waals surface area contributed by atoms with Crippen LogP contribution in [0.25, 0.3) is 0 Å². The Hall–Kier alpha value is -3.10. The van der Waals surface area contributed by atoms with Crippen LogP contribution < -0.4 is 0 Å². The quantitative estimate of drug-likeness (QED) is 0.623. The predicted molar refractivity (Wildman–Crippen MR) is 95.9 cm³/mol. The highest BCUT2D eigenvalue weighted by Gasteiger charge is 2.02. The first kappa shape index (κ1) is 17.3. The van der Waals surface area contributed by atoms with E-state index in [0.717, 1.165) is 11.1 Å². The molecule has 0 saturated carbocycles. The SMILES string of the molecule is CCC(=O)c1cccc(C#CC#Cc2cccc(C(=O)CC)c2)c1. The van der Waals surface area contributed by atoms with Gasteiger partial charge in [-0.1, -0.05) is 50.0 Å². The highest BCUT2D eigenvalue weighted by molar-refractivity contribution is 5.96. The van der Waals surface area contributed by atoms with Gasteiger partial charge in [-0.3, -0.25) is 9.59 Å². The summed E-state index contributed by atoms with van der Waals surface area (Å²) >= 11 is 0. The summed E-state index contributed by atoms with van der Waals surface area (Å²) in [6.07, 6.45) is 0.951. The first-order chi connectivity index (χ1) is 11.6. The third kappa shape index (κ3) is 4.70. The first-order valence-electron chi connectivity index (χ1n) is 7.92. The summed E-state index contributed by atoms with van der Waals surface area (Å²) in [4.78, 5) is 23.4. The van der Waals surface area contributed by atoms with Crippen LogP contribution in [0.3, 0.4) is 0 Å². The molecule has 0 aliphatic heterocycles. The fourth-order valence-corrected chi connectivity index (χ4v) is 2.16. The highest BCUT2D eigenvalue weighted by Crippen LogP contribution is 2.07. The molecule has 2 nitrogen and oxygen atoms in total. The van der Waals surface area contributed by atoms with Gasteiger partial charge in [0.25, 0.3) is 0 Å². The average molecular weight is 314 g/mol. The Kier molecular flexibility index (Phi) is 6.12. The Balaban J connectivity index is 2.16. The zero-order valence-corrected chi connectivity index (χ0v) is 13.8.